The van der Waals surface area contributed by atoms with Gasteiger partial charge in [0.1, 0.15) is 5.75 Å². The number of rotatable bonds is 5. The Kier molecular flexibility index (Phi) is 7.19. The Balaban J connectivity index is 0.00000200. The summed E-state index contributed by atoms with van der Waals surface area (Å²) in [5, 5.41) is 0. The number of piperidine rings is 1. The molecule has 1 heterocycles. The fourth-order valence-electron chi connectivity index (χ4n) is 2.52. The summed E-state index contributed by atoms with van der Waals surface area (Å²) in [6.45, 7) is 0.902. The van der Waals surface area contributed by atoms with E-state index >= 15 is 0 Å². The molecule has 0 radical (unpaired) electrons. The van der Waals surface area contributed by atoms with Gasteiger partial charge < -0.3 is 10.5 Å². The van der Waals surface area contributed by atoms with E-state index in [4.69, 9.17) is 5.73 Å². The zero-order valence-corrected chi connectivity index (χ0v) is 12.1. The Morgan fingerprint density at radius 1 is 1.30 bits per heavy atom. The molecule has 0 amide bonds. The Morgan fingerprint density at radius 2 is 2.00 bits per heavy atom. The number of hydrogen-bond donors (Lipinski definition) is 1. The maximum atomic E-state index is 12.0. The van der Waals surface area contributed by atoms with E-state index in [1.165, 1.54) is 12.8 Å². The van der Waals surface area contributed by atoms with Gasteiger partial charge in [-0.25, -0.2) is 0 Å². The van der Waals surface area contributed by atoms with Crippen LogP contribution < -0.4 is 10.5 Å². The number of likely N-dealkylation sites (tertiary alicyclic amines) is 1. The van der Waals surface area contributed by atoms with Gasteiger partial charge in [0.15, 0.2) is 0 Å². The molecule has 1 fully saturated rings. The van der Waals surface area contributed by atoms with Crippen LogP contribution in [-0.2, 0) is 6.54 Å². The van der Waals surface area contributed by atoms with Crippen molar-refractivity contribution in [3.05, 3.63) is 29.8 Å². The number of nitrogens with two attached hydrogens (primary N) is 1. The summed E-state index contributed by atoms with van der Waals surface area (Å²) in [7, 11) is 0. The zero-order chi connectivity index (χ0) is 13.7. The van der Waals surface area contributed by atoms with Crippen LogP contribution in [0.3, 0.4) is 0 Å². The second-order valence-electron chi connectivity index (χ2n) is 5.00. The van der Waals surface area contributed by atoms with Gasteiger partial charge in [0, 0.05) is 13.1 Å². The van der Waals surface area contributed by atoms with Crippen LogP contribution in [0, 0.1) is 5.92 Å². The molecule has 20 heavy (non-hydrogen) atoms. The molecule has 2 N–H and O–H groups in total. The molecule has 114 valence electrons. The molecule has 1 unspecified atom stereocenters. The van der Waals surface area contributed by atoms with Crippen LogP contribution in [0.2, 0.25) is 0 Å². The third-order valence-electron chi connectivity index (χ3n) is 3.49. The van der Waals surface area contributed by atoms with Crippen LogP contribution >= 0.6 is 12.4 Å². The number of halogens is 3. The molecular formula is C14H21ClF2N2O. The van der Waals surface area contributed by atoms with E-state index in [0.717, 1.165) is 31.7 Å². The van der Waals surface area contributed by atoms with Crippen LogP contribution in [-0.4, -0.2) is 31.1 Å². The monoisotopic (exact) mass is 306 g/mol. The van der Waals surface area contributed by atoms with Crippen molar-refractivity contribution in [2.24, 2.45) is 11.7 Å². The van der Waals surface area contributed by atoms with Crippen LogP contribution in [0.4, 0.5) is 8.78 Å². The molecule has 1 saturated heterocycles. The minimum atomic E-state index is -2.77. The Labute approximate surface area is 124 Å². The molecule has 3 nitrogen and oxygen atoms in total. The first-order valence-corrected chi connectivity index (χ1v) is 6.63. The molecule has 6 heteroatoms. The highest BCUT2D eigenvalue weighted by molar-refractivity contribution is 5.85. The summed E-state index contributed by atoms with van der Waals surface area (Å²) in [5.74, 6) is 0.785. The Morgan fingerprint density at radius 3 is 2.60 bits per heavy atom. The number of hydrogen-bond acceptors (Lipinski definition) is 3. The predicted molar refractivity (Wildman–Crippen MR) is 77.4 cm³/mol. The lowest BCUT2D eigenvalue weighted by molar-refractivity contribution is -0.0498. The van der Waals surface area contributed by atoms with E-state index in [-0.39, 0.29) is 18.2 Å². The van der Waals surface area contributed by atoms with Crippen molar-refractivity contribution in [3.63, 3.8) is 0 Å². The SMILES string of the molecule is Cl.NCC1CCCN(Cc2ccc(OC(F)F)cc2)C1. The quantitative estimate of drug-likeness (QED) is 0.909. The Hall–Kier alpha value is -0.910. The molecule has 1 aromatic carbocycles. The minimum absolute atomic E-state index is 0. The molecule has 0 saturated carbocycles. The summed E-state index contributed by atoms with van der Waals surface area (Å²) in [5.41, 5.74) is 6.82. The van der Waals surface area contributed by atoms with Gasteiger partial charge in [-0.1, -0.05) is 12.1 Å². The normalized spacial score (nSPS) is 19.7. The van der Waals surface area contributed by atoms with Crippen molar-refractivity contribution in [1.29, 1.82) is 0 Å². The number of benzene rings is 1. The maximum absolute atomic E-state index is 12.0. The van der Waals surface area contributed by atoms with E-state index in [2.05, 4.69) is 9.64 Å². The first-order valence-electron chi connectivity index (χ1n) is 6.63. The van der Waals surface area contributed by atoms with Crippen molar-refractivity contribution in [1.82, 2.24) is 4.90 Å². The van der Waals surface area contributed by atoms with Gasteiger partial charge in [0.25, 0.3) is 0 Å². The lowest BCUT2D eigenvalue weighted by Gasteiger charge is -2.32. The molecule has 0 spiro atoms. The van der Waals surface area contributed by atoms with E-state index in [0.29, 0.717) is 5.92 Å². The highest BCUT2D eigenvalue weighted by atomic mass is 35.5. The molecule has 1 atom stereocenters. The molecule has 1 aliphatic heterocycles. The first kappa shape index (κ1) is 17.1. The smallest absolute Gasteiger partial charge is 0.387 e. The topological polar surface area (TPSA) is 38.5 Å². The number of ether oxygens (including phenoxy) is 1. The van der Waals surface area contributed by atoms with Gasteiger partial charge in [-0.15, -0.1) is 12.4 Å². The fraction of sp³-hybridized carbons (Fsp3) is 0.571. The van der Waals surface area contributed by atoms with E-state index in [1.807, 2.05) is 12.1 Å². The molecular weight excluding hydrogens is 286 g/mol. The van der Waals surface area contributed by atoms with Gasteiger partial charge in [-0.3, -0.25) is 4.90 Å². The molecule has 0 aromatic heterocycles. The fourth-order valence-corrected chi connectivity index (χ4v) is 2.52. The van der Waals surface area contributed by atoms with E-state index < -0.39 is 6.61 Å². The molecule has 1 aliphatic rings. The van der Waals surface area contributed by atoms with Gasteiger partial charge in [0.05, 0.1) is 0 Å². The van der Waals surface area contributed by atoms with Gasteiger partial charge >= 0.3 is 6.61 Å². The summed E-state index contributed by atoms with van der Waals surface area (Å²) < 4.78 is 28.4. The lowest BCUT2D eigenvalue weighted by Crippen LogP contribution is -2.37. The highest BCUT2D eigenvalue weighted by Crippen LogP contribution is 2.19. The van der Waals surface area contributed by atoms with Crippen LogP contribution in [0.15, 0.2) is 24.3 Å². The zero-order valence-electron chi connectivity index (χ0n) is 11.3. The molecule has 0 aliphatic carbocycles. The largest absolute Gasteiger partial charge is 0.435 e. The molecule has 2 rings (SSSR count). The minimum Gasteiger partial charge on any atom is -0.435 e. The third-order valence-corrected chi connectivity index (χ3v) is 3.49. The third kappa shape index (κ3) is 5.23. The second-order valence-corrected chi connectivity index (χ2v) is 5.00. The number of alkyl halides is 2. The van der Waals surface area contributed by atoms with Crippen molar-refractivity contribution in [2.45, 2.75) is 26.0 Å². The van der Waals surface area contributed by atoms with Gasteiger partial charge in [0.2, 0.25) is 0 Å². The van der Waals surface area contributed by atoms with Crippen LogP contribution in [0.25, 0.3) is 0 Å². The van der Waals surface area contributed by atoms with Crippen molar-refractivity contribution in [2.75, 3.05) is 19.6 Å². The van der Waals surface area contributed by atoms with Gasteiger partial charge in [-0.2, -0.15) is 8.78 Å². The number of nitrogens with zero attached hydrogens (tertiary/aromatic N) is 1. The summed E-state index contributed by atoms with van der Waals surface area (Å²) in [6, 6.07) is 6.85. The van der Waals surface area contributed by atoms with Gasteiger partial charge in [-0.05, 0) is 49.5 Å². The summed E-state index contributed by atoms with van der Waals surface area (Å²) in [6.07, 6.45) is 2.38. The van der Waals surface area contributed by atoms with Crippen molar-refractivity contribution < 1.29 is 13.5 Å². The average Bonchev–Trinajstić information content (AvgIpc) is 2.41. The van der Waals surface area contributed by atoms with Crippen LogP contribution in [0.5, 0.6) is 5.75 Å². The lowest BCUT2D eigenvalue weighted by atomic mass is 9.98. The van der Waals surface area contributed by atoms with Crippen molar-refractivity contribution in [3.8, 4) is 5.75 Å². The standard InChI is InChI=1S/C14H20F2N2O.ClH/c15-14(16)19-13-5-3-11(4-6-13)9-18-7-1-2-12(8-17)10-18;/h3-6,12,14H,1-2,7-10,17H2;1H. The Bertz CT molecular complexity index is 389. The maximum Gasteiger partial charge on any atom is 0.387 e. The molecule has 1 aromatic rings. The molecule has 0 bridgehead atoms. The average molecular weight is 307 g/mol. The second kappa shape index (κ2) is 8.39. The van der Waals surface area contributed by atoms with Crippen molar-refractivity contribution >= 4 is 12.4 Å². The highest BCUT2D eigenvalue weighted by Gasteiger charge is 2.18. The van der Waals surface area contributed by atoms with Crippen LogP contribution in [0.1, 0.15) is 18.4 Å². The first-order chi connectivity index (χ1) is 9.17. The summed E-state index contributed by atoms with van der Waals surface area (Å²) >= 11 is 0. The summed E-state index contributed by atoms with van der Waals surface area (Å²) in [4.78, 5) is 2.37. The van der Waals surface area contributed by atoms with E-state index in [9.17, 15) is 8.78 Å². The van der Waals surface area contributed by atoms with E-state index in [1.54, 1.807) is 12.1 Å². The predicted octanol–water partition coefficient (Wildman–Crippen LogP) is 2.88.